The molecule has 5 heteroatoms. The van der Waals surface area contributed by atoms with Gasteiger partial charge in [-0.15, -0.1) is 0 Å². The predicted octanol–water partition coefficient (Wildman–Crippen LogP) is 2.18. The largest absolute Gasteiger partial charge is 0.454 e. The van der Waals surface area contributed by atoms with Crippen LogP contribution in [-0.4, -0.2) is 31.2 Å². The Morgan fingerprint density at radius 3 is 2.71 bits per heavy atom. The fourth-order valence-electron chi connectivity index (χ4n) is 3.32. The zero-order valence-electron chi connectivity index (χ0n) is 13.4. The molecule has 0 aromatic heterocycles. The summed E-state index contributed by atoms with van der Waals surface area (Å²) in [5.41, 5.74) is 3.50. The minimum Gasteiger partial charge on any atom is -0.454 e. The molecule has 2 aromatic rings. The fraction of sp³-hybridized carbons (Fsp3) is 0.368. The van der Waals surface area contributed by atoms with Crippen molar-refractivity contribution in [2.75, 3.05) is 20.0 Å². The standard InChI is InChI=1S/C19H21NO4/c21-9-15-6-14-7-18-19(24-12-23-18)8-16(14)17(20-15)11-22-10-13-4-2-1-3-5-13/h1-5,7-8,15,17,20-21H,6,9-12H2/t15-,17-/m0/s1. The van der Waals surface area contributed by atoms with Gasteiger partial charge in [0.05, 0.1) is 25.9 Å². The molecular formula is C19H21NO4. The summed E-state index contributed by atoms with van der Waals surface area (Å²) in [7, 11) is 0. The molecule has 5 nitrogen and oxygen atoms in total. The van der Waals surface area contributed by atoms with Gasteiger partial charge in [-0.2, -0.15) is 0 Å². The van der Waals surface area contributed by atoms with Crippen LogP contribution in [0.3, 0.4) is 0 Å². The Balaban J connectivity index is 1.50. The van der Waals surface area contributed by atoms with E-state index in [1.807, 2.05) is 30.3 Å². The summed E-state index contributed by atoms with van der Waals surface area (Å²) in [6.07, 6.45) is 0.775. The van der Waals surface area contributed by atoms with Crippen LogP contribution in [0.15, 0.2) is 42.5 Å². The second-order valence-corrected chi connectivity index (χ2v) is 6.21. The van der Waals surface area contributed by atoms with Crippen LogP contribution in [0.1, 0.15) is 22.7 Å². The Kier molecular flexibility index (Phi) is 4.38. The average Bonchev–Trinajstić information content (AvgIpc) is 3.08. The van der Waals surface area contributed by atoms with Gasteiger partial charge in [-0.05, 0) is 35.2 Å². The van der Waals surface area contributed by atoms with Crippen molar-refractivity contribution in [2.45, 2.75) is 25.1 Å². The van der Waals surface area contributed by atoms with Crippen molar-refractivity contribution < 1.29 is 19.3 Å². The molecule has 2 aliphatic heterocycles. The number of hydrogen-bond acceptors (Lipinski definition) is 5. The lowest BCUT2D eigenvalue weighted by Crippen LogP contribution is -2.43. The summed E-state index contributed by atoms with van der Waals surface area (Å²) < 4.78 is 16.9. The number of ether oxygens (including phenoxy) is 3. The molecule has 126 valence electrons. The number of nitrogens with one attached hydrogen (secondary N) is 1. The van der Waals surface area contributed by atoms with Crippen molar-refractivity contribution >= 4 is 0 Å². The molecule has 2 aliphatic rings. The number of fused-ring (bicyclic) bond motifs is 2. The highest BCUT2D eigenvalue weighted by atomic mass is 16.7. The molecule has 0 bridgehead atoms. The van der Waals surface area contributed by atoms with Crippen LogP contribution in [0.5, 0.6) is 11.5 Å². The van der Waals surface area contributed by atoms with E-state index in [0.29, 0.717) is 13.2 Å². The maximum absolute atomic E-state index is 9.57. The van der Waals surface area contributed by atoms with Gasteiger partial charge in [0.25, 0.3) is 0 Å². The quantitative estimate of drug-likeness (QED) is 0.881. The number of rotatable bonds is 5. The van der Waals surface area contributed by atoms with Crippen LogP contribution in [0.4, 0.5) is 0 Å². The molecule has 2 N–H and O–H groups in total. The van der Waals surface area contributed by atoms with E-state index in [9.17, 15) is 5.11 Å². The number of aliphatic hydroxyl groups is 1. The van der Waals surface area contributed by atoms with E-state index in [-0.39, 0.29) is 25.5 Å². The van der Waals surface area contributed by atoms with Gasteiger partial charge in [-0.1, -0.05) is 30.3 Å². The molecule has 2 heterocycles. The summed E-state index contributed by atoms with van der Waals surface area (Å²) >= 11 is 0. The minimum absolute atomic E-state index is 0.0307. The maximum Gasteiger partial charge on any atom is 0.231 e. The third kappa shape index (κ3) is 3.11. The summed E-state index contributed by atoms with van der Waals surface area (Å²) in [5, 5.41) is 13.0. The van der Waals surface area contributed by atoms with Crippen molar-refractivity contribution in [1.82, 2.24) is 5.32 Å². The molecule has 0 spiro atoms. The van der Waals surface area contributed by atoms with Crippen LogP contribution >= 0.6 is 0 Å². The third-order valence-electron chi connectivity index (χ3n) is 4.53. The van der Waals surface area contributed by atoms with Crippen LogP contribution in [-0.2, 0) is 17.8 Å². The molecule has 2 atom stereocenters. The van der Waals surface area contributed by atoms with Crippen molar-refractivity contribution in [3.05, 3.63) is 59.2 Å². The summed E-state index contributed by atoms with van der Waals surface area (Å²) in [6.45, 7) is 1.48. The number of aliphatic hydroxyl groups excluding tert-OH is 1. The highest BCUT2D eigenvalue weighted by Crippen LogP contribution is 2.39. The Bertz CT molecular complexity index is 704. The lowest BCUT2D eigenvalue weighted by atomic mass is 9.90. The van der Waals surface area contributed by atoms with Gasteiger partial charge in [-0.25, -0.2) is 0 Å². The van der Waals surface area contributed by atoms with E-state index in [1.54, 1.807) is 0 Å². The third-order valence-corrected chi connectivity index (χ3v) is 4.53. The molecule has 24 heavy (non-hydrogen) atoms. The van der Waals surface area contributed by atoms with Crippen molar-refractivity contribution in [1.29, 1.82) is 0 Å². The Morgan fingerprint density at radius 2 is 1.92 bits per heavy atom. The first kappa shape index (κ1) is 15.4. The molecule has 0 unspecified atom stereocenters. The molecular weight excluding hydrogens is 306 g/mol. The topological polar surface area (TPSA) is 60.0 Å². The smallest absolute Gasteiger partial charge is 0.231 e. The second-order valence-electron chi connectivity index (χ2n) is 6.21. The van der Waals surface area contributed by atoms with Crippen molar-refractivity contribution in [3.8, 4) is 11.5 Å². The van der Waals surface area contributed by atoms with Crippen molar-refractivity contribution in [3.63, 3.8) is 0 Å². The minimum atomic E-state index is 0.0307. The second kappa shape index (κ2) is 6.81. The van der Waals surface area contributed by atoms with Gasteiger partial charge in [0.15, 0.2) is 11.5 Å². The molecule has 0 saturated carbocycles. The van der Waals surface area contributed by atoms with Crippen LogP contribution in [0.2, 0.25) is 0 Å². The first-order valence-electron chi connectivity index (χ1n) is 8.24. The van der Waals surface area contributed by atoms with E-state index in [2.05, 4.69) is 17.4 Å². The van der Waals surface area contributed by atoms with Crippen LogP contribution in [0, 0.1) is 0 Å². The van der Waals surface area contributed by atoms with Gasteiger partial charge in [-0.3, -0.25) is 0 Å². The first-order chi connectivity index (χ1) is 11.8. The average molecular weight is 327 g/mol. The van der Waals surface area contributed by atoms with E-state index in [4.69, 9.17) is 14.2 Å². The molecule has 0 radical (unpaired) electrons. The number of benzene rings is 2. The lowest BCUT2D eigenvalue weighted by molar-refractivity contribution is 0.0872. The van der Waals surface area contributed by atoms with Crippen LogP contribution < -0.4 is 14.8 Å². The Hall–Kier alpha value is -2.08. The summed E-state index contributed by atoms with van der Waals surface area (Å²) in [4.78, 5) is 0. The van der Waals surface area contributed by atoms with Crippen molar-refractivity contribution in [2.24, 2.45) is 0 Å². The predicted molar refractivity (Wildman–Crippen MR) is 89.1 cm³/mol. The van der Waals surface area contributed by atoms with E-state index in [1.165, 1.54) is 5.56 Å². The highest BCUT2D eigenvalue weighted by Gasteiger charge is 2.29. The van der Waals surface area contributed by atoms with Gasteiger partial charge in [0.2, 0.25) is 6.79 Å². The monoisotopic (exact) mass is 327 g/mol. The van der Waals surface area contributed by atoms with E-state index >= 15 is 0 Å². The van der Waals surface area contributed by atoms with Gasteiger partial charge in [0, 0.05) is 6.04 Å². The zero-order chi connectivity index (χ0) is 16.4. The molecule has 4 rings (SSSR count). The fourth-order valence-corrected chi connectivity index (χ4v) is 3.32. The van der Waals surface area contributed by atoms with Crippen LogP contribution in [0.25, 0.3) is 0 Å². The Labute approximate surface area is 141 Å². The van der Waals surface area contributed by atoms with Gasteiger partial charge < -0.3 is 24.6 Å². The molecule has 0 amide bonds. The molecule has 0 aliphatic carbocycles. The Morgan fingerprint density at radius 1 is 1.12 bits per heavy atom. The summed E-state index contributed by atoms with van der Waals surface area (Å²) in [6, 6.07) is 14.3. The first-order valence-corrected chi connectivity index (χ1v) is 8.24. The molecule has 0 fully saturated rings. The van der Waals surface area contributed by atoms with E-state index < -0.39 is 0 Å². The van der Waals surface area contributed by atoms with E-state index in [0.717, 1.165) is 29.0 Å². The zero-order valence-corrected chi connectivity index (χ0v) is 13.4. The summed E-state index contributed by atoms with van der Waals surface area (Å²) in [5.74, 6) is 1.57. The highest BCUT2D eigenvalue weighted by molar-refractivity contribution is 5.51. The molecule has 0 saturated heterocycles. The number of hydrogen-bond donors (Lipinski definition) is 2. The lowest BCUT2D eigenvalue weighted by Gasteiger charge is -2.32. The van der Waals surface area contributed by atoms with Gasteiger partial charge in [0.1, 0.15) is 0 Å². The normalized spacial score (nSPS) is 21.5. The molecule has 2 aromatic carbocycles. The van der Waals surface area contributed by atoms with Gasteiger partial charge >= 0.3 is 0 Å². The maximum atomic E-state index is 9.57. The SMILES string of the molecule is OC[C@@H]1Cc2cc3c(cc2[C@H](COCc2ccccc2)N1)OCO3.